The second-order valence-electron chi connectivity index (χ2n) is 6.31. The maximum absolute atomic E-state index is 12.7. The molecule has 0 saturated heterocycles. The Hall–Kier alpha value is -3.37. The van der Waals surface area contributed by atoms with Gasteiger partial charge >= 0.3 is 5.97 Å². The van der Waals surface area contributed by atoms with E-state index in [-0.39, 0.29) is 21.8 Å². The van der Waals surface area contributed by atoms with Crippen molar-refractivity contribution in [1.29, 1.82) is 0 Å². The molecule has 3 aromatic rings. The molecule has 0 amide bonds. The summed E-state index contributed by atoms with van der Waals surface area (Å²) in [6, 6.07) is 18.8. The predicted molar refractivity (Wildman–Crippen MR) is 113 cm³/mol. The number of hydrogen-bond donors (Lipinski definition) is 2. The summed E-state index contributed by atoms with van der Waals surface area (Å²) in [7, 11) is 0. The van der Waals surface area contributed by atoms with E-state index in [1.807, 2.05) is 54.6 Å². The summed E-state index contributed by atoms with van der Waals surface area (Å²) in [5, 5.41) is 9.63. The first-order valence-corrected chi connectivity index (χ1v) is 8.96. The topological polar surface area (TPSA) is 80.4 Å². The van der Waals surface area contributed by atoms with Crippen LogP contribution in [-0.2, 0) is 0 Å². The van der Waals surface area contributed by atoms with Crippen LogP contribution < -0.4 is 5.73 Å². The van der Waals surface area contributed by atoms with Crippen molar-refractivity contribution >= 4 is 35.1 Å². The van der Waals surface area contributed by atoms with Gasteiger partial charge in [0.25, 0.3) is 0 Å². The number of nitrogens with two attached hydrogens (primary N) is 1. The fraction of sp³-hybridized carbons (Fsp3) is 0.0435. The molecule has 0 bridgehead atoms. The largest absolute Gasteiger partial charge is 0.478 e. The highest BCUT2D eigenvalue weighted by atomic mass is 35.5. The van der Waals surface area contributed by atoms with E-state index in [0.717, 1.165) is 16.7 Å². The summed E-state index contributed by atoms with van der Waals surface area (Å²) in [5.74, 6) is -1.74. The van der Waals surface area contributed by atoms with Gasteiger partial charge in [0.1, 0.15) is 0 Å². The van der Waals surface area contributed by atoms with Gasteiger partial charge in [0.15, 0.2) is 5.78 Å². The summed E-state index contributed by atoms with van der Waals surface area (Å²) < 4.78 is 0. The third-order valence-corrected chi connectivity index (χ3v) is 4.86. The van der Waals surface area contributed by atoms with Crippen LogP contribution >= 0.6 is 11.6 Å². The fourth-order valence-corrected chi connectivity index (χ4v) is 3.12. The molecule has 0 spiro atoms. The molecular weight excluding hydrogens is 374 g/mol. The monoisotopic (exact) mass is 391 g/mol. The minimum absolute atomic E-state index is 0.0511. The van der Waals surface area contributed by atoms with E-state index in [2.05, 4.69) is 0 Å². The van der Waals surface area contributed by atoms with Crippen LogP contribution in [-0.4, -0.2) is 16.9 Å². The predicted octanol–water partition coefficient (Wildman–Crippen LogP) is 5.49. The summed E-state index contributed by atoms with van der Waals surface area (Å²) in [4.78, 5) is 24.2. The molecule has 5 heteroatoms. The van der Waals surface area contributed by atoms with Gasteiger partial charge in [-0.1, -0.05) is 66.2 Å². The molecule has 3 N–H and O–H groups in total. The third-order valence-electron chi connectivity index (χ3n) is 4.47. The summed E-state index contributed by atoms with van der Waals surface area (Å²) in [5.41, 5.74) is 9.19. The zero-order valence-corrected chi connectivity index (χ0v) is 15.9. The van der Waals surface area contributed by atoms with E-state index in [0.29, 0.717) is 5.56 Å². The van der Waals surface area contributed by atoms with Crippen LogP contribution in [0, 0.1) is 6.92 Å². The first-order valence-electron chi connectivity index (χ1n) is 8.58. The molecule has 0 fully saturated rings. The second kappa shape index (κ2) is 8.11. The lowest BCUT2D eigenvalue weighted by Gasteiger charge is -2.11. The quantitative estimate of drug-likeness (QED) is 0.342. The molecule has 4 nitrogen and oxygen atoms in total. The molecule has 0 atom stereocenters. The van der Waals surface area contributed by atoms with Gasteiger partial charge in [-0.15, -0.1) is 0 Å². The standard InChI is InChI=1S/C23H18ClNO3/c1-14-19(24)13-18(23(27)28)21(22(14)25)20(26)11-10-15-6-5-9-17(12-15)16-7-3-2-4-8-16/h2-13H,25H2,1H3,(H,27,28). The number of halogens is 1. The Morgan fingerprint density at radius 1 is 1.00 bits per heavy atom. The van der Waals surface area contributed by atoms with Crippen LogP contribution in [0.4, 0.5) is 5.69 Å². The molecule has 3 rings (SSSR count). The summed E-state index contributed by atoms with van der Waals surface area (Å²) in [6.07, 6.45) is 2.97. The number of carboxylic acid groups (broad SMARTS) is 1. The van der Waals surface area contributed by atoms with Crippen molar-refractivity contribution in [3.63, 3.8) is 0 Å². The van der Waals surface area contributed by atoms with Gasteiger partial charge in [-0.25, -0.2) is 4.79 Å². The fourth-order valence-electron chi connectivity index (χ4n) is 2.91. The highest BCUT2D eigenvalue weighted by molar-refractivity contribution is 6.33. The van der Waals surface area contributed by atoms with Gasteiger partial charge in [-0.2, -0.15) is 0 Å². The lowest BCUT2D eigenvalue weighted by molar-refractivity contribution is 0.0693. The second-order valence-corrected chi connectivity index (χ2v) is 6.72. The van der Waals surface area contributed by atoms with Gasteiger partial charge in [0, 0.05) is 10.7 Å². The Kier molecular flexibility index (Phi) is 5.62. The van der Waals surface area contributed by atoms with Crippen molar-refractivity contribution in [2.24, 2.45) is 0 Å². The maximum atomic E-state index is 12.7. The average Bonchev–Trinajstić information content (AvgIpc) is 2.70. The average molecular weight is 392 g/mol. The Bertz CT molecular complexity index is 1090. The number of ketones is 1. The van der Waals surface area contributed by atoms with Crippen molar-refractivity contribution < 1.29 is 14.7 Å². The molecule has 3 aromatic carbocycles. The molecule has 0 aliphatic rings. The highest BCUT2D eigenvalue weighted by Crippen LogP contribution is 2.29. The van der Waals surface area contributed by atoms with Crippen molar-refractivity contribution in [1.82, 2.24) is 0 Å². The van der Waals surface area contributed by atoms with E-state index < -0.39 is 11.8 Å². The van der Waals surface area contributed by atoms with Gasteiger partial charge < -0.3 is 10.8 Å². The Morgan fingerprint density at radius 3 is 2.36 bits per heavy atom. The van der Waals surface area contributed by atoms with Crippen LogP contribution in [0.15, 0.2) is 66.7 Å². The molecule has 0 aliphatic heterocycles. The maximum Gasteiger partial charge on any atom is 0.336 e. The Labute approximate surface area is 167 Å². The van der Waals surface area contributed by atoms with Crippen molar-refractivity contribution in [2.45, 2.75) is 6.92 Å². The molecule has 0 saturated carbocycles. The summed E-state index contributed by atoms with van der Waals surface area (Å²) >= 11 is 6.02. The number of rotatable bonds is 5. The van der Waals surface area contributed by atoms with E-state index >= 15 is 0 Å². The van der Waals surface area contributed by atoms with Gasteiger partial charge in [-0.05, 0) is 47.4 Å². The van der Waals surface area contributed by atoms with Crippen LogP contribution in [0.25, 0.3) is 17.2 Å². The molecule has 0 heterocycles. The summed E-state index contributed by atoms with van der Waals surface area (Å²) in [6.45, 7) is 1.65. The van der Waals surface area contributed by atoms with Crippen LogP contribution in [0.1, 0.15) is 31.8 Å². The minimum atomic E-state index is -1.25. The number of nitrogen functional groups attached to an aromatic ring is 1. The normalized spacial score (nSPS) is 10.9. The number of carbonyl (C=O) groups excluding carboxylic acids is 1. The van der Waals surface area contributed by atoms with E-state index in [1.54, 1.807) is 13.0 Å². The van der Waals surface area contributed by atoms with Crippen LogP contribution in [0.2, 0.25) is 5.02 Å². The lowest BCUT2D eigenvalue weighted by Crippen LogP contribution is -2.12. The number of anilines is 1. The minimum Gasteiger partial charge on any atom is -0.478 e. The first kappa shape index (κ1) is 19.4. The van der Waals surface area contributed by atoms with E-state index in [1.165, 1.54) is 12.1 Å². The third kappa shape index (κ3) is 3.97. The van der Waals surface area contributed by atoms with Gasteiger partial charge in [0.2, 0.25) is 0 Å². The van der Waals surface area contributed by atoms with E-state index in [4.69, 9.17) is 17.3 Å². The number of carboxylic acids is 1. The first-order chi connectivity index (χ1) is 13.4. The molecule has 140 valence electrons. The van der Waals surface area contributed by atoms with Crippen molar-refractivity contribution in [2.75, 3.05) is 5.73 Å². The Balaban J connectivity index is 1.95. The highest BCUT2D eigenvalue weighted by Gasteiger charge is 2.21. The number of carbonyl (C=O) groups is 2. The van der Waals surface area contributed by atoms with Crippen molar-refractivity contribution in [3.8, 4) is 11.1 Å². The van der Waals surface area contributed by atoms with Gasteiger partial charge in [0.05, 0.1) is 11.1 Å². The van der Waals surface area contributed by atoms with Crippen LogP contribution in [0.3, 0.4) is 0 Å². The Morgan fingerprint density at radius 2 is 1.68 bits per heavy atom. The molecule has 0 radical (unpaired) electrons. The molecule has 28 heavy (non-hydrogen) atoms. The zero-order chi connectivity index (χ0) is 20.3. The molecule has 0 aliphatic carbocycles. The number of allylic oxidation sites excluding steroid dienone is 1. The number of aromatic carboxylic acids is 1. The molecule has 0 aromatic heterocycles. The number of hydrogen-bond acceptors (Lipinski definition) is 3. The SMILES string of the molecule is Cc1c(Cl)cc(C(=O)O)c(C(=O)C=Cc2cccc(-c3ccccc3)c2)c1N. The van der Waals surface area contributed by atoms with Gasteiger partial charge in [-0.3, -0.25) is 4.79 Å². The number of benzene rings is 3. The molecular formula is C23H18ClNO3. The molecule has 0 unspecified atom stereocenters. The smallest absolute Gasteiger partial charge is 0.336 e. The zero-order valence-electron chi connectivity index (χ0n) is 15.1. The van der Waals surface area contributed by atoms with Crippen molar-refractivity contribution in [3.05, 3.63) is 94.0 Å². The van der Waals surface area contributed by atoms with E-state index in [9.17, 15) is 14.7 Å². The van der Waals surface area contributed by atoms with Crippen LogP contribution in [0.5, 0.6) is 0 Å². The lowest BCUT2D eigenvalue weighted by atomic mass is 9.97.